The summed E-state index contributed by atoms with van der Waals surface area (Å²) in [7, 11) is 2.28. The minimum atomic E-state index is 0.505. The van der Waals surface area contributed by atoms with Crippen molar-refractivity contribution in [3.63, 3.8) is 0 Å². The highest BCUT2D eigenvalue weighted by molar-refractivity contribution is 4.90. The van der Waals surface area contributed by atoms with E-state index in [1.165, 1.54) is 58.4 Å². The van der Waals surface area contributed by atoms with Gasteiger partial charge in [0.25, 0.3) is 0 Å². The number of nitrogens with zero attached hydrogens (tertiary/aromatic N) is 2. The van der Waals surface area contributed by atoms with Crippen molar-refractivity contribution in [1.82, 2.24) is 9.80 Å². The van der Waals surface area contributed by atoms with Crippen molar-refractivity contribution in [2.24, 2.45) is 22.7 Å². The van der Waals surface area contributed by atoms with E-state index in [4.69, 9.17) is 0 Å². The van der Waals surface area contributed by atoms with Gasteiger partial charge in [-0.2, -0.15) is 0 Å². The molecule has 2 atom stereocenters. The lowest BCUT2D eigenvalue weighted by molar-refractivity contribution is 0.126. The van der Waals surface area contributed by atoms with E-state index >= 15 is 0 Å². The van der Waals surface area contributed by atoms with Crippen LogP contribution in [0, 0.1) is 22.7 Å². The largest absolute Gasteiger partial charge is 0.306 e. The summed E-state index contributed by atoms with van der Waals surface area (Å²) in [4.78, 5) is 5.14. The lowest BCUT2D eigenvalue weighted by Crippen LogP contribution is -2.32. The first-order valence-electron chi connectivity index (χ1n) is 9.15. The van der Waals surface area contributed by atoms with Crippen LogP contribution in [-0.4, -0.2) is 49.6 Å². The average molecular weight is 295 g/mol. The van der Waals surface area contributed by atoms with Crippen LogP contribution in [0.5, 0.6) is 0 Å². The van der Waals surface area contributed by atoms with Gasteiger partial charge in [0, 0.05) is 13.1 Å². The maximum atomic E-state index is 2.63. The van der Waals surface area contributed by atoms with Crippen molar-refractivity contribution in [2.75, 3.05) is 39.8 Å². The third kappa shape index (κ3) is 4.22. The molecule has 0 aliphatic carbocycles. The fraction of sp³-hybridized carbons (Fsp3) is 1.00. The Kier molecular flexibility index (Phi) is 5.41. The van der Waals surface area contributed by atoms with Gasteiger partial charge in [0.1, 0.15) is 0 Å². The number of hydrogen-bond donors (Lipinski definition) is 0. The van der Waals surface area contributed by atoms with E-state index in [1.54, 1.807) is 0 Å². The summed E-state index contributed by atoms with van der Waals surface area (Å²) >= 11 is 0. The smallest absolute Gasteiger partial charge is 0.00151 e. The summed E-state index contributed by atoms with van der Waals surface area (Å²) in [6.45, 7) is 18.9. The molecule has 124 valence electrons. The van der Waals surface area contributed by atoms with Crippen molar-refractivity contribution >= 4 is 0 Å². The fourth-order valence-electron chi connectivity index (χ4n) is 4.38. The van der Waals surface area contributed by atoms with Crippen molar-refractivity contribution in [3.8, 4) is 0 Å². The quantitative estimate of drug-likeness (QED) is 0.727. The van der Waals surface area contributed by atoms with Gasteiger partial charge < -0.3 is 9.80 Å². The predicted octanol–water partition coefficient (Wildman–Crippen LogP) is 4.11. The highest BCUT2D eigenvalue weighted by atomic mass is 15.1. The molecule has 2 heterocycles. The summed E-state index contributed by atoms with van der Waals surface area (Å²) < 4.78 is 0. The van der Waals surface area contributed by atoms with Crippen LogP contribution in [0.25, 0.3) is 0 Å². The Hall–Kier alpha value is -0.0800. The zero-order valence-electron chi connectivity index (χ0n) is 15.4. The lowest BCUT2D eigenvalue weighted by Gasteiger charge is -2.38. The third-order valence-electron chi connectivity index (χ3n) is 6.73. The van der Waals surface area contributed by atoms with Crippen LogP contribution in [0.3, 0.4) is 0 Å². The van der Waals surface area contributed by atoms with Gasteiger partial charge in [-0.25, -0.2) is 0 Å². The maximum Gasteiger partial charge on any atom is 0.00151 e. The maximum absolute atomic E-state index is 2.63. The second-order valence-electron chi connectivity index (χ2n) is 9.10. The van der Waals surface area contributed by atoms with Gasteiger partial charge in [-0.15, -0.1) is 0 Å². The van der Waals surface area contributed by atoms with E-state index in [0.29, 0.717) is 10.8 Å². The molecule has 0 aromatic rings. The zero-order chi connectivity index (χ0) is 15.7. The lowest BCUT2D eigenvalue weighted by atomic mass is 9.68. The summed E-state index contributed by atoms with van der Waals surface area (Å²) in [5.74, 6) is 1.80. The predicted molar refractivity (Wildman–Crippen MR) is 92.6 cm³/mol. The molecular formula is C19H38N2. The van der Waals surface area contributed by atoms with E-state index in [1.807, 2.05) is 0 Å². The minimum absolute atomic E-state index is 0.505. The normalized spacial score (nSPS) is 29.4. The summed E-state index contributed by atoms with van der Waals surface area (Å²) in [5.41, 5.74) is 1.01. The van der Waals surface area contributed by atoms with Gasteiger partial charge >= 0.3 is 0 Å². The number of likely N-dealkylation sites (tertiary alicyclic amines) is 2. The number of rotatable bonds is 6. The first kappa shape index (κ1) is 17.3. The van der Waals surface area contributed by atoms with Crippen LogP contribution in [0.2, 0.25) is 0 Å². The van der Waals surface area contributed by atoms with Gasteiger partial charge in [-0.1, -0.05) is 34.6 Å². The van der Waals surface area contributed by atoms with Crippen LogP contribution in [0.15, 0.2) is 0 Å². The molecule has 0 bridgehead atoms. The zero-order valence-corrected chi connectivity index (χ0v) is 15.4. The van der Waals surface area contributed by atoms with Crippen molar-refractivity contribution in [1.29, 1.82) is 0 Å². The Morgan fingerprint density at radius 3 is 1.81 bits per heavy atom. The highest BCUT2D eigenvalue weighted by Gasteiger charge is 2.38. The molecule has 2 aliphatic heterocycles. The fourth-order valence-corrected chi connectivity index (χ4v) is 4.38. The van der Waals surface area contributed by atoms with Crippen LogP contribution in [0.4, 0.5) is 0 Å². The topological polar surface area (TPSA) is 6.48 Å². The summed E-state index contributed by atoms with van der Waals surface area (Å²) in [5, 5.41) is 0. The average Bonchev–Trinajstić information content (AvgIpc) is 3.05. The van der Waals surface area contributed by atoms with Crippen LogP contribution in [-0.2, 0) is 0 Å². The molecule has 0 saturated carbocycles. The second kappa shape index (κ2) is 6.58. The van der Waals surface area contributed by atoms with E-state index < -0.39 is 0 Å². The standard InChI is InChI=1S/C19H38N2/c1-7-21-13-9-17(15-21)19(4,5)11-10-18(2,3)16-8-12-20(6)14-16/h16-17H,7-15H2,1-6H3. The minimum Gasteiger partial charge on any atom is -0.306 e. The SMILES string of the molecule is CCN1CCC(C(C)(C)CCC(C)(C)C2CCN(C)C2)C1. The van der Waals surface area contributed by atoms with Gasteiger partial charge in [-0.3, -0.25) is 0 Å². The molecule has 0 aromatic heterocycles. The Labute approximate surface area is 133 Å². The Bertz CT molecular complexity index is 334. The molecule has 2 saturated heterocycles. The molecule has 0 spiro atoms. The first-order valence-corrected chi connectivity index (χ1v) is 9.15. The molecule has 0 N–H and O–H groups in total. The monoisotopic (exact) mass is 294 g/mol. The van der Waals surface area contributed by atoms with Crippen LogP contribution >= 0.6 is 0 Å². The van der Waals surface area contributed by atoms with Crippen LogP contribution in [0.1, 0.15) is 60.3 Å². The molecule has 2 nitrogen and oxygen atoms in total. The van der Waals surface area contributed by atoms with Crippen LogP contribution < -0.4 is 0 Å². The Morgan fingerprint density at radius 2 is 1.38 bits per heavy atom. The summed E-state index contributed by atoms with van der Waals surface area (Å²) in [6.07, 6.45) is 5.59. The molecule has 0 radical (unpaired) electrons. The first-order chi connectivity index (χ1) is 9.74. The van der Waals surface area contributed by atoms with Crippen molar-refractivity contribution < 1.29 is 0 Å². The molecule has 2 fully saturated rings. The Balaban J connectivity index is 1.86. The van der Waals surface area contributed by atoms with E-state index in [-0.39, 0.29) is 0 Å². The number of hydrogen-bond acceptors (Lipinski definition) is 2. The van der Waals surface area contributed by atoms with E-state index in [9.17, 15) is 0 Å². The molecule has 2 aliphatic rings. The molecular weight excluding hydrogens is 256 g/mol. The highest BCUT2D eigenvalue weighted by Crippen LogP contribution is 2.44. The molecule has 0 aromatic carbocycles. The van der Waals surface area contributed by atoms with Gasteiger partial charge in [0.05, 0.1) is 0 Å². The third-order valence-corrected chi connectivity index (χ3v) is 6.73. The second-order valence-corrected chi connectivity index (χ2v) is 9.10. The van der Waals surface area contributed by atoms with Crippen molar-refractivity contribution in [3.05, 3.63) is 0 Å². The summed E-state index contributed by atoms with van der Waals surface area (Å²) in [6, 6.07) is 0. The van der Waals surface area contributed by atoms with Gasteiger partial charge in [-0.05, 0) is 75.0 Å². The van der Waals surface area contributed by atoms with Gasteiger partial charge in [0.15, 0.2) is 0 Å². The van der Waals surface area contributed by atoms with E-state index in [0.717, 1.165) is 11.8 Å². The molecule has 2 heteroatoms. The Morgan fingerprint density at radius 1 is 0.857 bits per heavy atom. The molecule has 2 rings (SSSR count). The molecule has 0 amide bonds. The van der Waals surface area contributed by atoms with Gasteiger partial charge in [0.2, 0.25) is 0 Å². The molecule has 21 heavy (non-hydrogen) atoms. The van der Waals surface area contributed by atoms with Crippen molar-refractivity contribution in [2.45, 2.75) is 60.3 Å². The van der Waals surface area contributed by atoms with E-state index in [2.05, 4.69) is 51.5 Å². The molecule has 2 unspecified atom stereocenters.